The van der Waals surface area contributed by atoms with E-state index in [2.05, 4.69) is 15.9 Å². The molecular formula is C8H6BrNaO3. The molecule has 0 fully saturated rings. The van der Waals surface area contributed by atoms with E-state index in [-0.39, 0.29) is 41.7 Å². The van der Waals surface area contributed by atoms with Gasteiger partial charge in [0.2, 0.25) is 0 Å². The molecular weight excluding hydrogens is 247 g/mol. The van der Waals surface area contributed by atoms with Crippen LogP contribution in [-0.4, -0.2) is 11.1 Å². The molecule has 0 amide bonds. The average Bonchev–Trinajstić information content (AvgIpc) is 2.04. The third kappa shape index (κ3) is 3.40. The zero-order valence-corrected chi connectivity index (χ0v) is 10.7. The molecule has 0 saturated heterocycles. The van der Waals surface area contributed by atoms with Gasteiger partial charge in [-0.25, -0.2) is 0 Å². The van der Waals surface area contributed by atoms with Gasteiger partial charge >= 0.3 is 29.6 Å². The van der Waals surface area contributed by atoms with Gasteiger partial charge in [-0.05, 0) is 17.7 Å². The standard InChI is InChI=1S/C8H7BrO3.Na/c9-6-2-1-5(4-10)7(3-6)8(11)12;/h1-3,10H,4H2,(H,11,12);/q;+1/p-1. The maximum atomic E-state index is 10.5. The van der Waals surface area contributed by atoms with E-state index in [1.54, 1.807) is 6.07 Å². The van der Waals surface area contributed by atoms with Gasteiger partial charge < -0.3 is 15.0 Å². The SMILES string of the molecule is O=C([O-])c1cc(Br)ccc1CO.[Na+]. The Labute approximate surface area is 106 Å². The molecule has 0 atom stereocenters. The number of carboxylic acid groups (broad SMARTS) is 1. The van der Waals surface area contributed by atoms with Crippen LogP contribution in [0.5, 0.6) is 0 Å². The van der Waals surface area contributed by atoms with Crippen LogP contribution in [0.15, 0.2) is 22.7 Å². The van der Waals surface area contributed by atoms with Gasteiger partial charge in [-0.2, -0.15) is 0 Å². The summed E-state index contributed by atoms with van der Waals surface area (Å²) < 4.78 is 0.652. The Balaban J connectivity index is 0.00000144. The van der Waals surface area contributed by atoms with Crippen LogP contribution in [0.3, 0.4) is 0 Å². The number of rotatable bonds is 2. The number of aliphatic hydroxyl groups is 1. The molecule has 0 saturated carbocycles. The number of aliphatic hydroxyl groups excluding tert-OH is 1. The van der Waals surface area contributed by atoms with Crippen LogP contribution < -0.4 is 34.7 Å². The van der Waals surface area contributed by atoms with Gasteiger partial charge in [0.1, 0.15) is 0 Å². The molecule has 0 aromatic heterocycles. The van der Waals surface area contributed by atoms with Crippen molar-refractivity contribution in [2.75, 3.05) is 0 Å². The summed E-state index contributed by atoms with van der Waals surface area (Å²) in [5.74, 6) is -1.28. The van der Waals surface area contributed by atoms with Crippen molar-refractivity contribution in [1.82, 2.24) is 0 Å². The summed E-state index contributed by atoms with van der Waals surface area (Å²) in [5, 5.41) is 19.2. The Kier molecular flexibility index (Phi) is 5.83. The average molecular weight is 253 g/mol. The molecule has 1 aromatic rings. The van der Waals surface area contributed by atoms with E-state index in [1.165, 1.54) is 12.1 Å². The number of halogens is 1. The minimum Gasteiger partial charge on any atom is -0.545 e. The molecule has 0 radical (unpaired) electrons. The van der Waals surface area contributed by atoms with Gasteiger partial charge in [0.15, 0.2) is 0 Å². The van der Waals surface area contributed by atoms with Crippen molar-refractivity contribution in [3.05, 3.63) is 33.8 Å². The van der Waals surface area contributed by atoms with Crippen LogP contribution in [0.25, 0.3) is 0 Å². The topological polar surface area (TPSA) is 60.4 Å². The van der Waals surface area contributed by atoms with Crippen LogP contribution in [-0.2, 0) is 6.61 Å². The molecule has 1 rings (SSSR count). The van der Waals surface area contributed by atoms with Crippen molar-refractivity contribution in [2.45, 2.75) is 6.61 Å². The molecule has 3 nitrogen and oxygen atoms in total. The molecule has 1 N–H and O–H groups in total. The minimum absolute atomic E-state index is 0. The summed E-state index contributed by atoms with van der Waals surface area (Å²) >= 11 is 3.12. The first-order chi connectivity index (χ1) is 5.65. The van der Waals surface area contributed by atoms with Gasteiger partial charge in [-0.15, -0.1) is 0 Å². The molecule has 0 aliphatic heterocycles. The Morgan fingerprint density at radius 1 is 1.54 bits per heavy atom. The number of benzene rings is 1. The maximum absolute atomic E-state index is 10.5. The summed E-state index contributed by atoms with van der Waals surface area (Å²) in [6.07, 6.45) is 0. The van der Waals surface area contributed by atoms with Crippen LogP contribution in [0.2, 0.25) is 0 Å². The number of carbonyl (C=O) groups excluding carboxylic acids is 1. The van der Waals surface area contributed by atoms with E-state index < -0.39 is 5.97 Å². The molecule has 64 valence electrons. The van der Waals surface area contributed by atoms with E-state index in [1.807, 2.05) is 0 Å². The Bertz CT molecular complexity index is 314. The second-order valence-electron chi connectivity index (χ2n) is 2.25. The first kappa shape index (κ1) is 13.1. The number of carboxylic acids is 1. The van der Waals surface area contributed by atoms with E-state index in [4.69, 9.17) is 5.11 Å². The number of hydrogen-bond donors (Lipinski definition) is 1. The van der Waals surface area contributed by atoms with Crippen LogP contribution in [0.4, 0.5) is 0 Å². The van der Waals surface area contributed by atoms with Crippen LogP contribution in [0.1, 0.15) is 15.9 Å². The van der Waals surface area contributed by atoms with Gasteiger partial charge in [0.05, 0.1) is 12.6 Å². The monoisotopic (exact) mass is 252 g/mol. The van der Waals surface area contributed by atoms with Crippen molar-refractivity contribution in [3.63, 3.8) is 0 Å². The zero-order valence-electron chi connectivity index (χ0n) is 7.08. The second kappa shape index (κ2) is 5.78. The fourth-order valence-electron chi connectivity index (χ4n) is 0.877. The van der Waals surface area contributed by atoms with Gasteiger partial charge in [0, 0.05) is 10.0 Å². The van der Waals surface area contributed by atoms with Gasteiger partial charge in [-0.3, -0.25) is 0 Å². The quantitative estimate of drug-likeness (QED) is 0.584. The molecule has 0 spiro atoms. The summed E-state index contributed by atoms with van der Waals surface area (Å²) in [5.41, 5.74) is 0.380. The predicted octanol–water partition coefficient (Wildman–Crippen LogP) is -2.69. The zero-order chi connectivity index (χ0) is 9.14. The minimum atomic E-state index is -1.28. The number of hydrogen-bond acceptors (Lipinski definition) is 3. The van der Waals surface area contributed by atoms with Crippen molar-refractivity contribution < 1.29 is 44.6 Å². The van der Waals surface area contributed by atoms with E-state index >= 15 is 0 Å². The predicted molar refractivity (Wildman–Crippen MR) is 44.4 cm³/mol. The summed E-state index contributed by atoms with van der Waals surface area (Å²) in [7, 11) is 0. The fraction of sp³-hybridized carbons (Fsp3) is 0.125. The Hall–Kier alpha value is 0.130. The largest absolute Gasteiger partial charge is 1.00 e. The van der Waals surface area contributed by atoms with Crippen molar-refractivity contribution in [3.8, 4) is 0 Å². The molecule has 1 aromatic carbocycles. The van der Waals surface area contributed by atoms with E-state index in [0.29, 0.717) is 10.0 Å². The third-order valence-corrected chi connectivity index (χ3v) is 1.96. The van der Waals surface area contributed by atoms with Crippen molar-refractivity contribution in [2.24, 2.45) is 0 Å². The molecule has 0 aliphatic rings. The molecule has 0 bridgehead atoms. The summed E-state index contributed by atoms with van der Waals surface area (Å²) in [6.45, 7) is -0.295. The van der Waals surface area contributed by atoms with Gasteiger partial charge in [0.25, 0.3) is 0 Å². The van der Waals surface area contributed by atoms with Crippen LogP contribution >= 0.6 is 15.9 Å². The van der Waals surface area contributed by atoms with Crippen LogP contribution in [0, 0.1) is 0 Å². The van der Waals surface area contributed by atoms with Crippen molar-refractivity contribution >= 4 is 21.9 Å². The smallest absolute Gasteiger partial charge is 0.545 e. The number of aromatic carboxylic acids is 1. The summed E-state index contributed by atoms with van der Waals surface area (Å²) in [4.78, 5) is 10.5. The second-order valence-corrected chi connectivity index (χ2v) is 3.16. The summed E-state index contributed by atoms with van der Waals surface area (Å²) in [6, 6.07) is 4.61. The van der Waals surface area contributed by atoms with E-state index in [0.717, 1.165) is 0 Å². The molecule has 5 heteroatoms. The normalized spacial score (nSPS) is 9.08. The number of carbonyl (C=O) groups is 1. The molecule has 0 heterocycles. The fourth-order valence-corrected chi connectivity index (χ4v) is 1.24. The Morgan fingerprint density at radius 2 is 2.15 bits per heavy atom. The third-order valence-electron chi connectivity index (χ3n) is 1.46. The molecule has 0 unspecified atom stereocenters. The molecule has 0 aliphatic carbocycles. The van der Waals surface area contributed by atoms with Gasteiger partial charge in [-0.1, -0.05) is 22.0 Å². The first-order valence-electron chi connectivity index (χ1n) is 3.26. The van der Waals surface area contributed by atoms with Crippen molar-refractivity contribution in [1.29, 1.82) is 0 Å². The Morgan fingerprint density at radius 3 is 2.62 bits per heavy atom. The first-order valence-corrected chi connectivity index (χ1v) is 4.05. The van der Waals surface area contributed by atoms with E-state index in [9.17, 15) is 9.90 Å². The molecule has 13 heavy (non-hydrogen) atoms. The maximum Gasteiger partial charge on any atom is 1.00 e.